The van der Waals surface area contributed by atoms with Gasteiger partial charge in [-0.3, -0.25) is 5.32 Å². The molecule has 1 fully saturated rings. The Morgan fingerprint density at radius 1 is 1.33 bits per heavy atom. The van der Waals surface area contributed by atoms with Gasteiger partial charge in [0, 0.05) is 6.20 Å². The van der Waals surface area contributed by atoms with Crippen molar-refractivity contribution in [1.29, 1.82) is 0 Å². The third kappa shape index (κ3) is 4.30. The molecule has 0 aliphatic carbocycles. The minimum atomic E-state index is -4.47. The smallest absolute Gasteiger partial charge is 0.430 e. The Labute approximate surface area is 155 Å². The van der Waals surface area contributed by atoms with Gasteiger partial charge in [-0.25, -0.2) is 9.90 Å². The van der Waals surface area contributed by atoms with Crippen molar-refractivity contribution in [3.05, 3.63) is 47.3 Å². The van der Waals surface area contributed by atoms with Gasteiger partial charge in [0.2, 0.25) is 6.23 Å². The second-order valence-electron chi connectivity index (χ2n) is 6.34. The van der Waals surface area contributed by atoms with Crippen molar-refractivity contribution < 1.29 is 22.7 Å². The number of hydroxylamine groups is 1. The van der Waals surface area contributed by atoms with Gasteiger partial charge in [-0.15, -0.1) is 0 Å². The van der Waals surface area contributed by atoms with Crippen molar-refractivity contribution in [3.63, 3.8) is 0 Å². The molecule has 2 aromatic rings. The molecule has 1 aliphatic heterocycles. The predicted octanol–water partition coefficient (Wildman–Crippen LogP) is 3.81. The second kappa shape index (κ2) is 7.69. The summed E-state index contributed by atoms with van der Waals surface area (Å²) in [6.45, 7) is 5.62. The number of hydrogen-bond donors (Lipinski definition) is 1. The zero-order chi connectivity index (χ0) is 19.6. The number of aryl methyl sites for hydroxylation is 2. The Balaban J connectivity index is 1.79. The highest BCUT2D eigenvalue weighted by atomic mass is 19.4. The zero-order valence-electron chi connectivity index (χ0n) is 15.2. The number of nitrogens with zero attached hydrogens (tertiary/aromatic N) is 3. The third-order valence-electron chi connectivity index (χ3n) is 4.24. The van der Waals surface area contributed by atoms with Gasteiger partial charge in [-0.1, -0.05) is 6.92 Å². The summed E-state index contributed by atoms with van der Waals surface area (Å²) < 4.78 is 44.5. The van der Waals surface area contributed by atoms with Gasteiger partial charge in [0.05, 0.1) is 12.4 Å². The molecule has 1 saturated heterocycles. The van der Waals surface area contributed by atoms with Crippen molar-refractivity contribution in [2.45, 2.75) is 45.7 Å². The standard InChI is InChI=1S/C18H21F3N4O2/c1-4-15(14-6-5-7-23-24-14)26-16-11(2)8-13(9-12(16)3)25-10-22-17(27-25)18(19,20)21/h5-9,15,17,22H,4,10H2,1-3H3. The Morgan fingerprint density at radius 3 is 2.56 bits per heavy atom. The Bertz CT molecular complexity index is 763. The van der Waals surface area contributed by atoms with E-state index in [9.17, 15) is 13.2 Å². The maximum atomic E-state index is 12.8. The lowest BCUT2D eigenvalue weighted by molar-refractivity contribution is -0.215. The van der Waals surface area contributed by atoms with Crippen molar-refractivity contribution >= 4 is 5.69 Å². The maximum Gasteiger partial charge on any atom is 0.430 e. The van der Waals surface area contributed by atoms with Gasteiger partial charge in [0.25, 0.3) is 0 Å². The van der Waals surface area contributed by atoms with Gasteiger partial charge in [-0.05, 0) is 55.7 Å². The van der Waals surface area contributed by atoms with Crippen LogP contribution in [0.5, 0.6) is 5.75 Å². The number of rotatable bonds is 5. The van der Waals surface area contributed by atoms with E-state index in [1.807, 2.05) is 26.8 Å². The van der Waals surface area contributed by atoms with E-state index in [1.165, 1.54) is 5.06 Å². The molecule has 2 atom stereocenters. The minimum Gasteiger partial charge on any atom is -0.484 e. The van der Waals surface area contributed by atoms with E-state index in [4.69, 9.17) is 9.57 Å². The van der Waals surface area contributed by atoms with Gasteiger partial charge < -0.3 is 4.74 Å². The fourth-order valence-electron chi connectivity index (χ4n) is 2.93. The molecule has 3 rings (SSSR count). The summed E-state index contributed by atoms with van der Waals surface area (Å²) in [7, 11) is 0. The van der Waals surface area contributed by atoms with Crippen LogP contribution < -0.4 is 15.1 Å². The van der Waals surface area contributed by atoms with Crippen molar-refractivity contribution in [2.75, 3.05) is 11.7 Å². The molecule has 6 nitrogen and oxygen atoms in total. The predicted molar refractivity (Wildman–Crippen MR) is 93.0 cm³/mol. The lowest BCUT2D eigenvalue weighted by atomic mass is 10.1. The minimum absolute atomic E-state index is 0.0551. The largest absolute Gasteiger partial charge is 0.484 e. The molecule has 1 aliphatic rings. The molecule has 27 heavy (non-hydrogen) atoms. The van der Waals surface area contributed by atoms with Crippen LogP contribution in [-0.4, -0.2) is 29.3 Å². The Morgan fingerprint density at radius 2 is 2.04 bits per heavy atom. The number of anilines is 1. The summed E-state index contributed by atoms with van der Waals surface area (Å²) in [5.41, 5.74) is 2.85. The van der Waals surface area contributed by atoms with E-state index in [0.29, 0.717) is 17.9 Å². The van der Waals surface area contributed by atoms with E-state index >= 15 is 0 Å². The van der Waals surface area contributed by atoms with Crippen LogP contribution in [0.1, 0.15) is 36.3 Å². The van der Waals surface area contributed by atoms with E-state index < -0.39 is 12.4 Å². The van der Waals surface area contributed by atoms with Crippen LogP contribution in [0.3, 0.4) is 0 Å². The first-order valence-electron chi connectivity index (χ1n) is 8.59. The highest BCUT2D eigenvalue weighted by Gasteiger charge is 2.45. The summed E-state index contributed by atoms with van der Waals surface area (Å²) in [5.74, 6) is 0.677. The average molecular weight is 382 g/mol. The van der Waals surface area contributed by atoms with E-state index in [1.54, 1.807) is 24.4 Å². The van der Waals surface area contributed by atoms with Gasteiger partial charge >= 0.3 is 6.18 Å². The van der Waals surface area contributed by atoms with Gasteiger partial charge in [0.15, 0.2) is 0 Å². The number of ether oxygens (including phenoxy) is 1. The van der Waals surface area contributed by atoms with Crippen molar-refractivity contribution in [1.82, 2.24) is 15.5 Å². The number of hydrogen-bond acceptors (Lipinski definition) is 6. The first-order chi connectivity index (χ1) is 12.8. The maximum absolute atomic E-state index is 12.8. The number of halogens is 3. The highest BCUT2D eigenvalue weighted by molar-refractivity contribution is 5.56. The molecule has 0 amide bonds. The van der Waals surface area contributed by atoms with Crippen LogP contribution in [0.25, 0.3) is 0 Å². The fraction of sp³-hybridized carbons (Fsp3) is 0.444. The molecule has 0 radical (unpaired) electrons. The molecule has 1 aromatic carbocycles. The third-order valence-corrected chi connectivity index (χ3v) is 4.24. The number of alkyl halides is 3. The molecule has 1 aromatic heterocycles. The summed E-state index contributed by atoms with van der Waals surface area (Å²) in [6, 6.07) is 7.13. The Hall–Kier alpha value is -2.39. The quantitative estimate of drug-likeness (QED) is 0.849. The lowest BCUT2D eigenvalue weighted by Crippen LogP contribution is -2.38. The summed E-state index contributed by atoms with van der Waals surface area (Å²) in [6.07, 6.45) is -4.44. The lowest BCUT2D eigenvalue weighted by Gasteiger charge is -2.23. The molecule has 2 heterocycles. The van der Waals surface area contributed by atoms with Crippen LogP contribution in [0.15, 0.2) is 30.5 Å². The normalized spacial score (nSPS) is 18.6. The van der Waals surface area contributed by atoms with Crippen LogP contribution in [0, 0.1) is 13.8 Å². The molecular weight excluding hydrogens is 361 g/mol. The monoisotopic (exact) mass is 382 g/mol. The first kappa shape index (κ1) is 19.4. The molecular formula is C18H21F3N4O2. The number of aromatic nitrogens is 2. The molecule has 146 valence electrons. The average Bonchev–Trinajstić information content (AvgIpc) is 3.12. The topological polar surface area (TPSA) is 59.5 Å². The molecule has 0 spiro atoms. The highest BCUT2D eigenvalue weighted by Crippen LogP contribution is 2.35. The molecule has 1 N–H and O–H groups in total. The van der Waals surface area contributed by atoms with Gasteiger partial charge in [-0.2, -0.15) is 23.4 Å². The van der Waals surface area contributed by atoms with Gasteiger partial charge in [0.1, 0.15) is 17.5 Å². The summed E-state index contributed by atoms with van der Waals surface area (Å²) >= 11 is 0. The molecule has 2 unspecified atom stereocenters. The first-order valence-corrected chi connectivity index (χ1v) is 8.59. The van der Waals surface area contributed by atoms with E-state index in [2.05, 4.69) is 15.5 Å². The second-order valence-corrected chi connectivity index (χ2v) is 6.34. The van der Waals surface area contributed by atoms with Crippen LogP contribution >= 0.6 is 0 Å². The molecule has 0 bridgehead atoms. The summed E-state index contributed by atoms with van der Waals surface area (Å²) in [4.78, 5) is 4.97. The number of nitrogens with one attached hydrogen (secondary N) is 1. The fourth-order valence-corrected chi connectivity index (χ4v) is 2.93. The van der Waals surface area contributed by atoms with E-state index in [-0.39, 0.29) is 12.8 Å². The SMILES string of the molecule is CCC(Oc1c(C)cc(N2CNC(C(F)(F)F)O2)cc1C)c1cccnn1. The van der Waals surface area contributed by atoms with Crippen molar-refractivity contribution in [2.24, 2.45) is 0 Å². The van der Waals surface area contributed by atoms with Crippen LogP contribution in [0.4, 0.5) is 18.9 Å². The zero-order valence-corrected chi connectivity index (χ0v) is 15.2. The molecule has 9 heteroatoms. The summed E-state index contributed by atoms with van der Waals surface area (Å²) in [5, 5.41) is 11.5. The van der Waals surface area contributed by atoms with Crippen LogP contribution in [0.2, 0.25) is 0 Å². The molecule has 0 saturated carbocycles. The Kier molecular flexibility index (Phi) is 5.52. The number of benzene rings is 1. The van der Waals surface area contributed by atoms with Crippen LogP contribution in [-0.2, 0) is 4.84 Å². The van der Waals surface area contributed by atoms with Crippen molar-refractivity contribution in [3.8, 4) is 5.75 Å². The van der Waals surface area contributed by atoms with E-state index in [0.717, 1.165) is 16.8 Å².